The second kappa shape index (κ2) is 10.2. The van der Waals surface area contributed by atoms with Gasteiger partial charge in [-0.15, -0.1) is 11.3 Å². The maximum Gasteiger partial charge on any atom is 0.389 e. The minimum Gasteiger partial charge on any atom is -0.492 e. The Morgan fingerprint density at radius 1 is 1.22 bits per heavy atom. The predicted molar refractivity (Wildman–Crippen MR) is 111 cm³/mol. The van der Waals surface area contributed by atoms with Gasteiger partial charge < -0.3 is 18.9 Å². The molecule has 11 heteroatoms. The monoisotopic (exact) mass is 472 g/mol. The third-order valence-electron chi connectivity index (χ3n) is 5.14. The molecule has 1 aliphatic rings. The highest BCUT2D eigenvalue weighted by atomic mass is 32.1. The Morgan fingerprint density at radius 3 is 2.66 bits per heavy atom. The number of amides is 1. The molecule has 0 bridgehead atoms. The van der Waals surface area contributed by atoms with Crippen molar-refractivity contribution in [3.63, 3.8) is 0 Å². The van der Waals surface area contributed by atoms with Crippen LogP contribution in [-0.2, 0) is 28.9 Å². The largest absolute Gasteiger partial charge is 0.492 e. The predicted octanol–water partition coefficient (Wildman–Crippen LogP) is 3.05. The summed E-state index contributed by atoms with van der Waals surface area (Å²) in [6, 6.07) is 5.08. The maximum atomic E-state index is 12.7. The van der Waals surface area contributed by atoms with Crippen molar-refractivity contribution in [1.29, 1.82) is 0 Å². The molecule has 2 aromatic rings. The Hall–Kier alpha value is -2.82. The Balaban J connectivity index is 1.81. The number of rotatable bonds is 7. The fourth-order valence-electron chi connectivity index (χ4n) is 3.56. The Kier molecular flexibility index (Phi) is 7.60. The molecule has 0 spiro atoms. The van der Waals surface area contributed by atoms with Crippen LogP contribution in [0.5, 0.6) is 5.75 Å². The zero-order valence-electron chi connectivity index (χ0n) is 17.4. The lowest BCUT2D eigenvalue weighted by molar-refractivity contribution is -0.149. The number of hydrogen-bond acceptors (Lipinski definition) is 6. The molecule has 1 amide bonds. The summed E-state index contributed by atoms with van der Waals surface area (Å²) < 4.78 is 49.4. The van der Waals surface area contributed by atoms with E-state index in [9.17, 15) is 27.6 Å². The number of thiophene rings is 1. The quantitative estimate of drug-likeness (QED) is 0.579. The second-order valence-electron chi connectivity index (χ2n) is 7.24. The fraction of sp³-hybridized carbons (Fsp3) is 0.476. The van der Waals surface area contributed by atoms with Gasteiger partial charge in [0, 0.05) is 55.5 Å². The van der Waals surface area contributed by atoms with Crippen molar-refractivity contribution in [3.05, 3.63) is 50.1 Å². The van der Waals surface area contributed by atoms with E-state index in [1.807, 2.05) is 17.5 Å². The van der Waals surface area contributed by atoms with Crippen LogP contribution < -0.4 is 10.3 Å². The van der Waals surface area contributed by atoms with Gasteiger partial charge in [-0.2, -0.15) is 13.2 Å². The van der Waals surface area contributed by atoms with E-state index < -0.39 is 36.5 Å². The number of halogens is 3. The lowest BCUT2D eigenvalue weighted by Crippen LogP contribution is -2.34. The first-order chi connectivity index (χ1) is 15.2. The van der Waals surface area contributed by atoms with Crippen LogP contribution in [0.1, 0.15) is 33.8 Å². The molecule has 174 valence electrons. The van der Waals surface area contributed by atoms with Crippen molar-refractivity contribution >= 4 is 23.2 Å². The topological polar surface area (TPSA) is 77.8 Å². The van der Waals surface area contributed by atoms with E-state index in [-0.39, 0.29) is 44.0 Å². The van der Waals surface area contributed by atoms with Crippen molar-refractivity contribution in [2.45, 2.75) is 38.4 Å². The fourth-order valence-corrected chi connectivity index (χ4v) is 4.25. The third-order valence-corrected chi connectivity index (χ3v) is 6.08. The van der Waals surface area contributed by atoms with Crippen molar-refractivity contribution in [3.8, 4) is 5.75 Å². The Bertz CT molecular complexity index is 1020. The highest BCUT2D eigenvalue weighted by molar-refractivity contribution is 7.09. The summed E-state index contributed by atoms with van der Waals surface area (Å²) in [4.78, 5) is 39.9. The number of hydrogen-bond donors (Lipinski definition) is 0. The normalized spacial score (nSPS) is 13.9. The number of aromatic nitrogens is 1. The van der Waals surface area contributed by atoms with Gasteiger partial charge >= 0.3 is 12.1 Å². The van der Waals surface area contributed by atoms with E-state index in [4.69, 9.17) is 9.47 Å². The molecule has 0 aliphatic carbocycles. The van der Waals surface area contributed by atoms with Gasteiger partial charge in [0.25, 0.3) is 5.56 Å². The van der Waals surface area contributed by atoms with Crippen LogP contribution in [0.15, 0.2) is 28.4 Å². The molecule has 0 saturated carbocycles. The van der Waals surface area contributed by atoms with E-state index in [2.05, 4.69) is 0 Å². The van der Waals surface area contributed by atoms with Crippen molar-refractivity contribution < 1.29 is 32.2 Å². The molecule has 0 aromatic carbocycles. The standard InChI is InChI=1S/C21H23F3N2O5S/c1-30-20(29)19-15-5-8-25(17(27)4-7-21(22,23)24)9-10-26(15)18(28)13-16(19)31-11-6-14-3-2-12-32-14/h2-3,12-13H,4-11H2,1H3. The summed E-state index contributed by atoms with van der Waals surface area (Å²) in [5.41, 5.74) is 0.0350. The van der Waals surface area contributed by atoms with E-state index in [0.717, 1.165) is 4.88 Å². The van der Waals surface area contributed by atoms with Crippen LogP contribution in [0.4, 0.5) is 13.2 Å². The lowest BCUT2D eigenvalue weighted by Gasteiger charge is -2.20. The summed E-state index contributed by atoms with van der Waals surface area (Å²) in [5, 5.41) is 1.94. The van der Waals surface area contributed by atoms with E-state index in [1.54, 1.807) is 11.3 Å². The second-order valence-corrected chi connectivity index (χ2v) is 8.27. The Morgan fingerprint density at radius 2 is 2.00 bits per heavy atom. The smallest absolute Gasteiger partial charge is 0.389 e. The number of ether oxygens (including phenoxy) is 2. The molecule has 3 rings (SSSR count). The first-order valence-corrected chi connectivity index (χ1v) is 10.9. The number of carbonyl (C=O) groups excluding carboxylic acids is 2. The number of alkyl halides is 3. The molecule has 0 fully saturated rings. The van der Waals surface area contributed by atoms with Crippen molar-refractivity contribution in [1.82, 2.24) is 9.47 Å². The summed E-state index contributed by atoms with van der Waals surface area (Å²) >= 11 is 1.56. The van der Waals surface area contributed by atoms with Crippen LogP contribution in [0.2, 0.25) is 0 Å². The number of nitrogens with zero attached hydrogens (tertiary/aromatic N) is 2. The zero-order valence-corrected chi connectivity index (χ0v) is 18.3. The maximum absolute atomic E-state index is 12.7. The van der Waals surface area contributed by atoms with E-state index in [0.29, 0.717) is 12.1 Å². The van der Waals surface area contributed by atoms with E-state index in [1.165, 1.54) is 22.6 Å². The number of methoxy groups -OCH3 is 1. The lowest BCUT2D eigenvalue weighted by atomic mass is 10.1. The molecule has 0 saturated heterocycles. The van der Waals surface area contributed by atoms with Crippen LogP contribution in [0.3, 0.4) is 0 Å². The van der Waals surface area contributed by atoms with Gasteiger partial charge in [-0.1, -0.05) is 6.07 Å². The minimum atomic E-state index is -4.42. The molecular formula is C21H23F3N2O5S. The van der Waals surface area contributed by atoms with Crippen LogP contribution >= 0.6 is 11.3 Å². The molecule has 0 N–H and O–H groups in total. The molecule has 0 unspecified atom stereocenters. The average Bonchev–Trinajstić information content (AvgIpc) is 3.15. The number of pyridine rings is 1. The molecular weight excluding hydrogens is 449 g/mol. The van der Waals surface area contributed by atoms with Gasteiger partial charge in [-0.25, -0.2) is 4.79 Å². The first kappa shape index (κ1) is 23.8. The summed E-state index contributed by atoms with van der Waals surface area (Å²) in [7, 11) is 1.21. The van der Waals surface area contributed by atoms with Crippen LogP contribution in [-0.4, -0.2) is 54.3 Å². The van der Waals surface area contributed by atoms with Crippen molar-refractivity contribution in [2.24, 2.45) is 0 Å². The molecule has 1 aliphatic heterocycles. The van der Waals surface area contributed by atoms with Crippen molar-refractivity contribution in [2.75, 3.05) is 26.8 Å². The third kappa shape index (κ3) is 5.90. The van der Waals surface area contributed by atoms with Gasteiger partial charge in [-0.3, -0.25) is 9.59 Å². The van der Waals surface area contributed by atoms with Gasteiger partial charge in [0.1, 0.15) is 11.3 Å². The highest BCUT2D eigenvalue weighted by Gasteiger charge is 2.31. The first-order valence-electron chi connectivity index (χ1n) is 10.0. The number of fused-ring (bicyclic) bond motifs is 1. The number of esters is 1. The van der Waals surface area contributed by atoms with Gasteiger partial charge in [0.15, 0.2) is 0 Å². The SMILES string of the molecule is COC(=O)c1c(OCCc2cccs2)cc(=O)n2c1CCN(C(=O)CCC(F)(F)F)CC2. The van der Waals surface area contributed by atoms with Crippen LogP contribution in [0, 0.1) is 0 Å². The molecule has 0 radical (unpaired) electrons. The number of carbonyl (C=O) groups is 2. The summed E-state index contributed by atoms with van der Waals surface area (Å²) in [6.45, 7) is 0.461. The van der Waals surface area contributed by atoms with Crippen LogP contribution in [0.25, 0.3) is 0 Å². The van der Waals surface area contributed by atoms with Gasteiger partial charge in [-0.05, 0) is 11.4 Å². The molecule has 7 nitrogen and oxygen atoms in total. The van der Waals surface area contributed by atoms with Gasteiger partial charge in [0.2, 0.25) is 5.91 Å². The molecule has 2 aromatic heterocycles. The summed E-state index contributed by atoms with van der Waals surface area (Å²) in [5.74, 6) is -1.23. The molecule has 0 atom stereocenters. The zero-order chi connectivity index (χ0) is 23.3. The van der Waals surface area contributed by atoms with Gasteiger partial charge in [0.05, 0.1) is 20.1 Å². The highest BCUT2D eigenvalue weighted by Crippen LogP contribution is 2.26. The molecule has 3 heterocycles. The average molecular weight is 472 g/mol. The Labute approximate surface area is 186 Å². The summed E-state index contributed by atoms with van der Waals surface area (Å²) in [6.07, 6.45) is -5.58. The molecule has 32 heavy (non-hydrogen) atoms. The van der Waals surface area contributed by atoms with E-state index >= 15 is 0 Å². The minimum absolute atomic E-state index is 0.0609.